The van der Waals surface area contributed by atoms with Crippen molar-refractivity contribution < 1.29 is 9.59 Å². The molecule has 0 unspecified atom stereocenters. The van der Waals surface area contributed by atoms with E-state index >= 15 is 0 Å². The van der Waals surface area contributed by atoms with E-state index in [4.69, 9.17) is 22.7 Å². The molecule has 0 aliphatic heterocycles. The first-order valence-electron chi connectivity index (χ1n) is 10.4. The Hall–Kier alpha value is -3.71. The lowest BCUT2D eigenvalue weighted by Crippen LogP contribution is -2.30. The van der Waals surface area contributed by atoms with Gasteiger partial charge in [-0.2, -0.15) is 0 Å². The Morgan fingerprint density at radius 2 is 1.76 bits per heavy atom. The highest BCUT2D eigenvalue weighted by molar-refractivity contribution is 6.31. The van der Waals surface area contributed by atoms with Gasteiger partial charge < -0.3 is 21.4 Å². The molecule has 0 radical (unpaired) electrons. The number of aromatic nitrogens is 1. The van der Waals surface area contributed by atoms with Crippen molar-refractivity contribution in [3.05, 3.63) is 93.8 Å². The van der Waals surface area contributed by atoms with E-state index in [0.29, 0.717) is 34.8 Å². The molecular formula is C25H26ClN5O2. The zero-order valence-corrected chi connectivity index (χ0v) is 19.3. The predicted molar refractivity (Wildman–Crippen MR) is 131 cm³/mol. The monoisotopic (exact) mass is 463 g/mol. The van der Waals surface area contributed by atoms with Gasteiger partial charge in [0.25, 0.3) is 5.91 Å². The van der Waals surface area contributed by atoms with E-state index in [2.05, 4.69) is 10.3 Å². The van der Waals surface area contributed by atoms with Crippen molar-refractivity contribution in [1.29, 1.82) is 5.41 Å². The summed E-state index contributed by atoms with van der Waals surface area (Å²) in [5, 5.41) is 11.4. The second kappa shape index (κ2) is 10.7. The van der Waals surface area contributed by atoms with Gasteiger partial charge in [-0.1, -0.05) is 35.9 Å². The molecule has 7 nitrogen and oxygen atoms in total. The normalized spacial score (nSPS) is 10.5. The molecule has 2 amide bonds. The summed E-state index contributed by atoms with van der Waals surface area (Å²) < 4.78 is 0. The molecule has 33 heavy (non-hydrogen) atoms. The Bertz CT molecular complexity index is 1180. The third kappa shape index (κ3) is 6.63. The summed E-state index contributed by atoms with van der Waals surface area (Å²) in [7, 11) is 1.77. The highest BCUT2D eigenvalue weighted by atomic mass is 35.5. The van der Waals surface area contributed by atoms with Crippen LogP contribution in [-0.4, -0.2) is 41.0 Å². The van der Waals surface area contributed by atoms with Gasteiger partial charge in [0.15, 0.2) is 0 Å². The van der Waals surface area contributed by atoms with Gasteiger partial charge >= 0.3 is 0 Å². The fraction of sp³-hybridized carbons (Fsp3) is 0.200. The van der Waals surface area contributed by atoms with Gasteiger partial charge in [0.2, 0.25) is 5.91 Å². The number of nitrogens with two attached hydrogens (primary N) is 1. The number of nitrogens with one attached hydrogen (secondary N) is 2. The molecule has 3 aromatic rings. The number of amides is 2. The predicted octanol–water partition coefficient (Wildman–Crippen LogP) is 3.68. The summed E-state index contributed by atoms with van der Waals surface area (Å²) in [5.41, 5.74) is 10.4. The van der Waals surface area contributed by atoms with Crippen LogP contribution >= 0.6 is 11.6 Å². The number of halogens is 1. The fourth-order valence-electron chi connectivity index (χ4n) is 3.25. The number of rotatable bonds is 8. The summed E-state index contributed by atoms with van der Waals surface area (Å²) in [6, 6.07) is 14.7. The number of nitrogens with zero attached hydrogens (tertiary/aromatic N) is 2. The highest BCUT2D eigenvalue weighted by Crippen LogP contribution is 2.18. The maximum Gasteiger partial charge on any atom is 0.253 e. The third-order valence-electron chi connectivity index (χ3n) is 5.21. The lowest BCUT2D eigenvalue weighted by atomic mass is 10.0. The molecule has 170 valence electrons. The Kier molecular flexibility index (Phi) is 7.79. The number of pyridine rings is 1. The second-order valence-corrected chi connectivity index (χ2v) is 8.28. The molecule has 0 aliphatic rings. The summed E-state index contributed by atoms with van der Waals surface area (Å²) in [6.45, 7) is 2.12. The van der Waals surface area contributed by atoms with Crippen molar-refractivity contribution in [3.63, 3.8) is 0 Å². The average molecular weight is 464 g/mol. The molecule has 0 fully saturated rings. The standard InChI is InChI=1S/C25H26ClN5O2/c1-16(32)31(2)15-18-5-3-17(4-6-18)9-19-10-20(13-29-12-19)25(33)30-14-24(28)22-11-21(26)7-8-23(22)27/h3-8,10-13,28H,9,14-15,27H2,1-2H3,(H,30,33). The summed E-state index contributed by atoms with van der Waals surface area (Å²) >= 11 is 5.98. The minimum Gasteiger partial charge on any atom is -0.398 e. The van der Waals surface area contributed by atoms with Crippen LogP contribution in [0.3, 0.4) is 0 Å². The van der Waals surface area contributed by atoms with E-state index in [1.807, 2.05) is 24.3 Å². The largest absolute Gasteiger partial charge is 0.398 e. The van der Waals surface area contributed by atoms with E-state index in [1.54, 1.807) is 49.3 Å². The number of carbonyl (C=O) groups is 2. The maximum absolute atomic E-state index is 12.6. The van der Waals surface area contributed by atoms with E-state index in [-0.39, 0.29) is 24.1 Å². The second-order valence-electron chi connectivity index (χ2n) is 7.84. The van der Waals surface area contributed by atoms with E-state index in [9.17, 15) is 9.59 Å². The average Bonchev–Trinajstić information content (AvgIpc) is 2.80. The van der Waals surface area contributed by atoms with Crippen LogP contribution in [0.5, 0.6) is 0 Å². The third-order valence-corrected chi connectivity index (χ3v) is 5.45. The van der Waals surface area contributed by atoms with Gasteiger partial charge in [-0.25, -0.2) is 0 Å². The molecule has 1 heterocycles. The van der Waals surface area contributed by atoms with Gasteiger partial charge in [-0.05, 0) is 47.4 Å². The van der Waals surface area contributed by atoms with Gasteiger partial charge in [-0.3, -0.25) is 14.6 Å². The van der Waals surface area contributed by atoms with Crippen LogP contribution in [0.1, 0.15) is 39.5 Å². The summed E-state index contributed by atoms with van der Waals surface area (Å²) in [4.78, 5) is 29.8. The first-order valence-corrected chi connectivity index (χ1v) is 10.7. The molecule has 0 atom stereocenters. The van der Waals surface area contributed by atoms with E-state index < -0.39 is 0 Å². The minimum absolute atomic E-state index is 0.0176. The van der Waals surface area contributed by atoms with Gasteiger partial charge in [-0.15, -0.1) is 0 Å². The zero-order chi connectivity index (χ0) is 24.0. The SMILES string of the molecule is CC(=O)N(C)Cc1ccc(Cc2cncc(C(=O)NCC(=N)c3cc(Cl)ccc3N)c2)cc1. The number of benzene rings is 2. The first kappa shape index (κ1) is 23.9. The number of hydrogen-bond acceptors (Lipinski definition) is 5. The van der Waals surface area contributed by atoms with Crippen LogP contribution in [0.25, 0.3) is 0 Å². The van der Waals surface area contributed by atoms with Crippen LogP contribution in [0.15, 0.2) is 60.9 Å². The molecular weight excluding hydrogens is 438 g/mol. The molecule has 3 rings (SSSR count). The summed E-state index contributed by atoms with van der Waals surface area (Å²) in [5.74, 6) is -0.302. The van der Waals surface area contributed by atoms with E-state index in [0.717, 1.165) is 16.7 Å². The van der Waals surface area contributed by atoms with Gasteiger partial charge in [0.1, 0.15) is 0 Å². The van der Waals surface area contributed by atoms with Crippen LogP contribution in [0.4, 0.5) is 5.69 Å². The maximum atomic E-state index is 12.6. The molecule has 1 aromatic heterocycles. The van der Waals surface area contributed by atoms with Crippen molar-refractivity contribution in [2.45, 2.75) is 19.9 Å². The number of hydrogen-bond donors (Lipinski definition) is 3. The minimum atomic E-state index is -0.322. The van der Waals surface area contributed by atoms with Gasteiger partial charge in [0, 0.05) is 49.2 Å². The smallest absolute Gasteiger partial charge is 0.253 e. The highest BCUT2D eigenvalue weighted by Gasteiger charge is 2.11. The molecule has 8 heteroatoms. The van der Waals surface area contributed by atoms with Gasteiger partial charge in [0.05, 0.1) is 17.8 Å². The lowest BCUT2D eigenvalue weighted by Gasteiger charge is -2.15. The van der Waals surface area contributed by atoms with Crippen LogP contribution in [0.2, 0.25) is 5.02 Å². The molecule has 0 aliphatic carbocycles. The van der Waals surface area contributed by atoms with Crippen LogP contribution < -0.4 is 11.1 Å². The molecule has 0 saturated carbocycles. The number of anilines is 1. The van der Waals surface area contributed by atoms with Crippen molar-refractivity contribution >= 4 is 34.8 Å². The zero-order valence-electron chi connectivity index (χ0n) is 18.6. The van der Waals surface area contributed by atoms with Crippen molar-refractivity contribution in [1.82, 2.24) is 15.2 Å². The Morgan fingerprint density at radius 1 is 1.06 bits per heavy atom. The molecule has 0 spiro atoms. The molecule has 4 N–H and O–H groups in total. The van der Waals surface area contributed by atoms with Crippen molar-refractivity contribution in [2.24, 2.45) is 0 Å². The van der Waals surface area contributed by atoms with E-state index in [1.165, 1.54) is 6.20 Å². The molecule has 2 aromatic carbocycles. The number of carbonyl (C=O) groups excluding carboxylic acids is 2. The van der Waals surface area contributed by atoms with Crippen LogP contribution in [-0.2, 0) is 17.8 Å². The lowest BCUT2D eigenvalue weighted by molar-refractivity contribution is -0.128. The fourth-order valence-corrected chi connectivity index (χ4v) is 3.42. The van der Waals surface area contributed by atoms with Crippen molar-refractivity contribution in [3.8, 4) is 0 Å². The Labute approximate surface area is 198 Å². The molecule has 0 saturated heterocycles. The topological polar surface area (TPSA) is 112 Å². The Balaban J connectivity index is 1.61. The molecule has 0 bridgehead atoms. The first-order chi connectivity index (χ1) is 15.7. The van der Waals surface area contributed by atoms with Crippen molar-refractivity contribution in [2.75, 3.05) is 19.3 Å². The van der Waals surface area contributed by atoms with Crippen LogP contribution in [0, 0.1) is 5.41 Å². The Morgan fingerprint density at radius 3 is 2.45 bits per heavy atom. The summed E-state index contributed by atoms with van der Waals surface area (Å²) in [6.07, 6.45) is 3.84. The number of nitrogen functional groups attached to an aromatic ring is 1. The quantitative estimate of drug-likeness (QED) is 0.349.